The maximum Gasteiger partial charge on any atom is 0.416 e. The number of hydrogen-bond donors (Lipinski definition) is 1. The molecule has 5 heteroatoms. The van der Waals surface area contributed by atoms with Crippen molar-refractivity contribution in [1.82, 2.24) is 4.90 Å². The minimum atomic E-state index is -4.28. The molecule has 0 radical (unpaired) electrons. The van der Waals surface area contributed by atoms with Crippen LogP contribution in [0.2, 0.25) is 0 Å². The predicted octanol–water partition coefficient (Wildman–Crippen LogP) is 3.05. The van der Waals surface area contributed by atoms with Crippen LogP contribution in [0.5, 0.6) is 0 Å². The second-order valence-electron chi connectivity index (χ2n) is 5.51. The van der Waals surface area contributed by atoms with E-state index in [9.17, 15) is 18.3 Å². The fourth-order valence-corrected chi connectivity index (χ4v) is 2.52. The van der Waals surface area contributed by atoms with E-state index < -0.39 is 17.3 Å². The largest absolute Gasteiger partial charge is 0.416 e. The van der Waals surface area contributed by atoms with Crippen molar-refractivity contribution in [3.63, 3.8) is 0 Å². The lowest BCUT2D eigenvalue weighted by Gasteiger charge is -2.36. The third-order valence-corrected chi connectivity index (χ3v) is 3.44. The standard InChI is InChI=1S/C14H18F3NO/c1-13(19)7-2-8-18(10-13)9-11-3-5-12(6-4-11)14(15,16)17/h3-6,19H,2,7-10H2,1H3. The van der Waals surface area contributed by atoms with Gasteiger partial charge in [-0.3, -0.25) is 4.90 Å². The van der Waals surface area contributed by atoms with Crippen LogP contribution >= 0.6 is 0 Å². The highest BCUT2D eigenvalue weighted by atomic mass is 19.4. The van der Waals surface area contributed by atoms with E-state index in [-0.39, 0.29) is 0 Å². The first-order chi connectivity index (χ1) is 8.76. The molecular weight excluding hydrogens is 255 g/mol. The Balaban J connectivity index is 2.00. The summed E-state index contributed by atoms with van der Waals surface area (Å²) in [6, 6.07) is 5.23. The van der Waals surface area contributed by atoms with Crippen molar-refractivity contribution in [1.29, 1.82) is 0 Å². The van der Waals surface area contributed by atoms with Gasteiger partial charge in [0.1, 0.15) is 0 Å². The zero-order valence-electron chi connectivity index (χ0n) is 10.9. The molecule has 2 nitrogen and oxygen atoms in total. The van der Waals surface area contributed by atoms with Gasteiger partial charge in [0, 0.05) is 13.1 Å². The maximum atomic E-state index is 12.4. The number of likely N-dealkylation sites (tertiary alicyclic amines) is 1. The highest BCUT2D eigenvalue weighted by Gasteiger charge is 2.30. The summed E-state index contributed by atoms with van der Waals surface area (Å²) in [5.74, 6) is 0. The smallest absolute Gasteiger partial charge is 0.389 e. The molecule has 1 heterocycles. The summed E-state index contributed by atoms with van der Waals surface area (Å²) in [4.78, 5) is 2.08. The third kappa shape index (κ3) is 3.94. The van der Waals surface area contributed by atoms with Crippen molar-refractivity contribution in [3.05, 3.63) is 35.4 Å². The molecular formula is C14H18F3NO. The van der Waals surface area contributed by atoms with Crippen LogP contribution in [0.3, 0.4) is 0 Å². The average Bonchev–Trinajstić information content (AvgIpc) is 2.27. The Morgan fingerprint density at radius 1 is 1.26 bits per heavy atom. The summed E-state index contributed by atoms with van der Waals surface area (Å²) < 4.78 is 37.3. The fraction of sp³-hybridized carbons (Fsp3) is 0.571. The first-order valence-corrected chi connectivity index (χ1v) is 6.37. The molecule has 106 valence electrons. The summed E-state index contributed by atoms with van der Waals surface area (Å²) >= 11 is 0. The molecule has 0 spiro atoms. The van der Waals surface area contributed by atoms with Gasteiger partial charge in [0.25, 0.3) is 0 Å². The number of nitrogens with zero attached hydrogens (tertiary/aromatic N) is 1. The highest BCUT2D eigenvalue weighted by Crippen LogP contribution is 2.29. The molecule has 0 aliphatic carbocycles. The van der Waals surface area contributed by atoms with Crippen LogP contribution in [0.15, 0.2) is 24.3 Å². The molecule has 0 aromatic heterocycles. The molecule has 1 fully saturated rings. The molecule has 19 heavy (non-hydrogen) atoms. The van der Waals surface area contributed by atoms with Crippen LogP contribution in [0, 0.1) is 0 Å². The van der Waals surface area contributed by atoms with Crippen molar-refractivity contribution in [2.24, 2.45) is 0 Å². The van der Waals surface area contributed by atoms with E-state index in [1.54, 1.807) is 6.92 Å². The number of rotatable bonds is 2. The number of alkyl halides is 3. The Hall–Kier alpha value is -1.07. The summed E-state index contributed by atoms with van der Waals surface area (Å²) in [5.41, 5.74) is -0.475. The Morgan fingerprint density at radius 3 is 2.42 bits per heavy atom. The minimum Gasteiger partial charge on any atom is -0.389 e. The van der Waals surface area contributed by atoms with Crippen LogP contribution in [0.1, 0.15) is 30.9 Å². The molecule has 1 saturated heterocycles. The van der Waals surface area contributed by atoms with Crippen LogP contribution in [0.25, 0.3) is 0 Å². The molecule has 1 aromatic rings. The van der Waals surface area contributed by atoms with E-state index in [1.165, 1.54) is 12.1 Å². The SMILES string of the molecule is CC1(O)CCCN(Cc2ccc(C(F)(F)F)cc2)C1. The average molecular weight is 273 g/mol. The van der Waals surface area contributed by atoms with E-state index in [0.717, 1.165) is 37.1 Å². The summed E-state index contributed by atoms with van der Waals surface area (Å²) in [5, 5.41) is 9.98. The van der Waals surface area contributed by atoms with E-state index in [1.807, 2.05) is 0 Å². The number of piperidine rings is 1. The van der Waals surface area contributed by atoms with Gasteiger partial charge in [-0.25, -0.2) is 0 Å². The zero-order chi connectivity index (χ0) is 14.1. The van der Waals surface area contributed by atoms with Gasteiger partial charge >= 0.3 is 6.18 Å². The zero-order valence-corrected chi connectivity index (χ0v) is 10.9. The molecule has 2 rings (SSSR count). The van der Waals surface area contributed by atoms with E-state index >= 15 is 0 Å². The Morgan fingerprint density at radius 2 is 1.89 bits per heavy atom. The minimum absolute atomic E-state index is 0.564. The van der Waals surface area contributed by atoms with Crippen LogP contribution < -0.4 is 0 Å². The van der Waals surface area contributed by atoms with Crippen molar-refractivity contribution < 1.29 is 18.3 Å². The van der Waals surface area contributed by atoms with Crippen LogP contribution in [-0.4, -0.2) is 28.7 Å². The molecule has 1 aromatic carbocycles. The second kappa shape index (κ2) is 5.13. The molecule has 1 aliphatic heterocycles. The summed E-state index contributed by atoms with van der Waals surface area (Å²) in [6.45, 7) is 3.81. The van der Waals surface area contributed by atoms with Gasteiger partial charge in [-0.05, 0) is 44.0 Å². The number of aliphatic hydroxyl groups is 1. The number of halogens is 3. The van der Waals surface area contributed by atoms with Gasteiger partial charge in [-0.15, -0.1) is 0 Å². The second-order valence-corrected chi connectivity index (χ2v) is 5.51. The van der Waals surface area contributed by atoms with Crippen molar-refractivity contribution in [3.8, 4) is 0 Å². The normalized spacial score (nSPS) is 25.5. The third-order valence-electron chi connectivity index (χ3n) is 3.44. The molecule has 1 unspecified atom stereocenters. The first-order valence-electron chi connectivity index (χ1n) is 6.37. The Labute approximate surface area is 110 Å². The maximum absolute atomic E-state index is 12.4. The van der Waals surface area contributed by atoms with Crippen LogP contribution in [0.4, 0.5) is 13.2 Å². The molecule has 1 aliphatic rings. The van der Waals surface area contributed by atoms with Crippen LogP contribution in [-0.2, 0) is 12.7 Å². The number of hydrogen-bond acceptors (Lipinski definition) is 2. The highest BCUT2D eigenvalue weighted by molar-refractivity contribution is 5.24. The van der Waals surface area contributed by atoms with Gasteiger partial charge in [-0.1, -0.05) is 12.1 Å². The summed E-state index contributed by atoms with van der Waals surface area (Å²) in [6.07, 6.45) is -2.60. The van der Waals surface area contributed by atoms with Gasteiger partial charge in [0.05, 0.1) is 11.2 Å². The number of β-amino-alcohol motifs (C(OH)–C–C–N with tert-alkyl or cyclic N) is 1. The predicted molar refractivity (Wildman–Crippen MR) is 66.6 cm³/mol. The lowest BCUT2D eigenvalue weighted by Crippen LogP contribution is -2.45. The Bertz CT molecular complexity index is 425. The molecule has 1 N–H and O–H groups in total. The quantitative estimate of drug-likeness (QED) is 0.895. The van der Waals surface area contributed by atoms with E-state index in [4.69, 9.17) is 0 Å². The monoisotopic (exact) mass is 273 g/mol. The van der Waals surface area contributed by atoms with Gasteiger partial charge in [0.15, 0.2) is 0 Å². The summed E-state index contributed by atoms with van der Waals surface area (Å²) in [7, 11) is 0. The van der Waals surface area contributed by atoms with E-state index in [2.05, 4.69) is 4.90 Å². The van der Waals surface area contributed by atoms with Crippen molar-refractivity contribution in [2.75, 3.05) is 13.1 Å². The molecule has 0 bridgehead atoms. The molecule has 0 saturated carbocycles. The van der Waals surface area contributed by atoms with E-state index in [0.29, 0.717) is 13.1 Å². The van der Waals surface area contributed by atoms with Crippen molar-refractivity contribution >= 4 is 0 Å². The Kier molecular flexibility index (Phi) is 3.87. The first kappa shape index (κ1) is 14.3. The lowest BCUT2D eigenvalue weighted by molar-refractivity contribution is -0.137. The lowest BCUT2D eigenvalue weighted by atomic mass is 9.95. The number of benzene rings is 1. The van der Waals surface area contributed by atoms with Gasteiger partial charge in [0.2, 0.25) is 0 Å². The van der Waals surface area contributed by atoms with Crippen molar-refractivity contribution in [2.45, 2.75) is 38.1 Å². The van der Waals surface area contributed by atoms with Gasteiger partial charge in [-0.2, -0.15) is 13.2 Å². The van der Waals surface area contributed by atoms with Gasteiger partial charge < -0.3 is 5.11 Å². The topological polar surface area (TPSA) is 23.5 Å². The molecule has 0 amide bonds. The molecule has 1 atom stereocenters. The fourth-order valence-electron chi connectivity index (χ4n) is 2.52.